The summed E-state index contributed by atoms with van der Waals surface area (Å²) >= 11 is 3.26. The first-order valence-corrected chi connectivity index (χ1v) is 3.46. The fourth-order valence-electron chi connectivity index (χ4n) is 0.594. The molecule has 0 bridgehead atoms. The van der Waals surface area contributed by atoms with Crippen LogP contribution in [0, 0.1) is 0 Å². The van der Waals surface area contributed by atoms with Gasteiger partial charge in [-0.25, -0.2) is 4.98 Å². The van der Waals surface area contributed by atoms with Crippen molar-refractivity contribution in [3.8, 4) is 0 Å². The van der Waals surface area contributed by atoms with E-state index in [0.29, 0.717) is 0 Å². The van der Waals surface area contributed by atoms with Gasteiger partial charge in [-0.2, -0.15) is 0 Å². The Morgan fingerprint density at radius 2 is 2.67 bits per heavy atom. The van der Waals surface area contributed by atoms with Crippen molar-refractivity contribution in [1.82, 2.24) is 15.3 Å². The van der Waals surface area contributed by atoms with Gasteiger partial charge in [-0.3, -0.25) is 0 Å². The monoisotopic (exact) mass is 189 g/mol. The van der Waals surface area contributed by atoms with Crippen LogP contribution in [0.5, 0.6) is 0 Å². The molecule has 0 aliphatic rings. The number of aromatic nitrogens is 2. The number of nitrogens with one attached hydrogen (secondary N) is 2. The summed E-state index contributed by atoms with van der Waals surface area (Å²) in [6, 6.07) is 0. The van der Waals surface area contributed by atoms with Gasteiger partial charge in [0.05, 0.1) is 12.7 Å². The second kappa shape index (κ2) is 2.98. The lowest BCUT2D eigenvalue weighted by Crippen LogP contribution is -2.06. The van der Waals surface area contributed by atoms with Crippen LogP contribution in [0.2, 0.25) is 0 Å². The van der Waals surface area contributed by atoms with Crippen molar-refractivity contribution in [2.24, 2.45) is 0 Å². The molecule has 0 aromatic carbocycles. The van der Waals surface area contributed by atoms with E-state index >= 15 is 0 Å². The zero-order valence-electron chi connectivity index (χ0n) is 5.11. The molecule has 9 heavy (non-hydrogen) atoms. The number of rotatable bonds is 2. The van der Waals surface area contributed by atoms with Gasteiger partial charge < -0.3 is 10.3 Å². The van der Waals surface area contributed by atoms with Gasteiger partial charge in [0.25, 0.3) is 0 Å². The molecule has 2 N–H and O–H groups in total. The molecule has 0 unspecified atom stereocenters. The number of halogens is 1. The highest BCUT2D eigenvalue weighted by molar-refractivity contribution is 9.10. The van der Waals surface area contributed by atoms with Crippen molar-refractivity contribution in [3.05, 3.63) is 16.6 Å². The molecule has 4 heteroatoms. The molecule has 3 nitrogen and oxygen atoms in total. The van der Waals surface area contributed by atoms with E-state index < -0.39 is 0 Å². The molecule has 0 aliphatic carbocycles. The van der Waals surface area contributed by atoms with E-state index in [1.807, 2.05) is 7.05 Å². The molecule has 0 fully saturated rings. The van der Waals surface area contributed by atoms with Gasteiger partial charge >= 0.3 is 0 Å². The van der Waals surface area contributed by atoms with Crippen LogP contribution in [0.25, 0.3) is 0 Å². The van der Waals surface area contributed by atoms with Gasteiger partial charge in [-0.15, -0.1) is 0 Å². The maximum atomic E-state index is 4.04. The Labute approximate surface area is 62.0 Å². The lowest BCUT2D eigenvalue weighted by atomic mass is 10.6. The molecule has 0 radical (unpaired) electrons. The van der Waals surface area contributed by atoms with E-state index in [0.717, 1.165) is 17.0 Å². The van der Waals surface area contributed by atoms with Crippen molar-refractivity contribution in [2.45, 2.75) is 6.54 Å². The Morgan fingerprint density at radius 3 is 3.11 bits per heavy atom. The van der Waals surface area contributed by atoms with Crippen LogP contribution in [0.15, 0.2) is 10.8 Å². The smallest absolute Gasteiger partial charge is 0.120 e. The molecule has 0 spiro atoms. The summed E-state index contributed by atoms with van der Waals surface area (Å²) in [5.41, 5.74) is 0. The number of aromatic amines is 1. The molecule has 1 rings (SSSR count). The molecule has 0 saturated carbocycles. The summed E-state index contributed by atoms with van der Waals surface area (Å²) in [5, 5.41) is 2.98. The average molecular weight is 190 g/mol. The summed E-state index contributed by atoms with van der Waals surface area (Å²) in [7, 11) is 1.89. The van der Waals surface area contributed by atoms with Crippen LogP contribution < -0.4 is 5.32 Å². The molecule has 1 aromatic rings. The number of H-pyrrole nitrogens is 1. The van der Waals surface area contributed by atoms with E-state index in [2.05, 4.69) is 31.2 Å². The van der Waals surface area contributed by atoms with Crippen LogP contribution in [0.3, 0.4) is 0 Å². The van der Waals surface area contributed by atoms with Gasteiger partial charge in [-0.05, 0) is 23.0 Å². The molecular formula is C5H8BrN3. The maximum Gasteiger partial charge on any atom is 0.120 e. The highest BCUT2D eigenvalue weighted by Gasteiger charge is 1.93. The Bertz CT molecular complexity index is 184. The summed E-state index contributed by atoms with van der Waals surface area (Å²) in [6.45, 7) is 0.783. The first-order chi connectivity index (χ1) is 4.33. The zero-order valence-corrected chi connectivity index (χ0v) is 6.70. The molecule has 0 aliphatic heterocycles. The normalized spacial score (nSPS) is 10.0. The van der Waals surface area contributed by atoms with Gasteiger partial charge in [0.2, 0.25) is 0 Å². The third-order valence-corrected chi connectivity index (χ3v) is 1.34. The summed E-state index contributed by atoms with van der Waals surface area (Å²) in [4.78, 5) is 7.06. The van der Waals surface area contributed by atoms with Gasteiger partial charge in [0, 0.05) is 0 Å². The summed E-state index contributed by atoms with van der Waals surface area (Å²) < 4.78 is 0.924. The van der Waals surface area contributed by atoms with Crippen LogP contribution in [0.1, 0.15) is 5.82 Å². The largest absolute Gasteiger partial charge is 0.336 e. The predicted molar refractivity (Wildman–Crippen MR) is 39.1 cm³/mol. The predicted octanol–water partition coefficient (Wildman–Crippen LogP) is 0.892. The number of hydrogen-bond acceptors (Lipinski definition) is 2. The number of nitrogens with zero attached hydrogens (tertiary/aromatic N) is 1. The SMILES string of the molecule is CNCc1ncc(Br)[nH]1. The Hall–Kier alpha value is -0.350. The van der Waals surface area contributed by atoms with Crippen LogP contribution in [0.4, 0.5) is 0 Å². The molecule has 0 amide bonds. The molecule has 1 aromatic heterocycles. The van der Waals surface area contributed by atoms with Gasteiger partial charge in [0.1, 0.15) is 10.4 Å². The quantitative estimate of drug-likeness (QED) is 0.727. The molecular weight excluding hydrogens is 182 g/mol. The highest BCUT2D eigenvalue weighted by atomic mass is 79.9. The lowest BCUT2D eigenvalue weighted by Gasteiger charge is -1.89. The third kappa shape index (κ3) is 1.80. The van der Waals surface area contributed by atoms with Gasteiger partial charge in [-0.1, -0.05) is 0 Å². The first-order valence-electron chi connectivity index (χ1n) is 2.67. The Balaban J connectivity index is 2.61. The molecule has 0 atom stereocenters. The fourth-order valence-corrected chi connectivity index (χ4v) is 0.925. The van der Waals surface area contributed by atoms with E-state index in [1.165, 1.54) is 0 Å². The summed E-state index contributed by atoms with van der Waals surface area (Å²) in [5.74, 6) is 0.948. The van der Waals surface area contributed by atoms with Crippen molar-refractivity contribution in [2.75, 3.05) is 7.05 Å². The minimum Gasteiger partial charge on any atom is -0.336 e. The van der Waals surface area contributed by atoms with E-state index in [4.69, 9.17) is 0 Å². The van der Waals surface area contributed by atoms with Gasteiger partial charge in [0.15, 0.2) is 0 Å². The summed E-state index contributed by atoms with van der Waals surface area (Å²) in [6.07, 6.45) is 1.74. The molecule has 1 heterocycles. The lowest BCUT2D eigenvalue weighted by molar-refractivity contribution is 0.771. The number of imidazole rings is 1. The Morgan fingerprint density at radius 1 is 1.89 bits per heavy atom. The maximum absolute atomic E-state index is 4.04. The Kier molecular flexibility index (Phi) is 2.24. The average Bonchev–Trinajstić information content (AvgIpc) is 2.17. The minimum atomic E-state index is 0.783. The van der Waals surface area contributed by atoms with Crippen LogP contribution in [-0.4, -0.2) is 17.0 Å². The fraction of sp³-hybridized carbons (Fsp3) is 0.400. The third-order valence-electron chi connectivity index (χ3n) is 0.942. The molecule has 0 saturated heterocycles. The second-order valence-electron chi connectivity index (χ2n) is 1.71. The van der Waals surface area contributed by atoms with Crippen molar-refractivity contribution in [1.29, 1.82) is 0 Å². The van der Waals surface area contributed by atoms with E-state index in [1.54, 1.807) is 6.20 Å². The van der Waals surface area contributed by atoms with Crippen molar-refractivity contribution >= 4 is 15.9 Å². The minimum absolute atomic E-state index is 0.783. The second-order valence-corrected chi connectivity index (χ2v) is 2.56. The first kappa shape index (κ1) is 6.77. The highest BCUT2D eigenvalue weighted by Crippen LogP contribution is 2.03. The number of hydrogen-bond donors (Lipinski definition) is 2. The topological polar surface area (TPSA) is 40.7 Å². The van der Waals surface area contributed by atoms with E-state index in [-0.39, 0.29) is 0 Å². The zero-order chi connectivity index (χ0) is 6.69. The van der Waals surface area contributed by atoms with Crippen LogP contribution >= 0.6 is 15.9 Å². The standard InChI is InChI=1S/C5H8BrN3/c1-7-3-5-8-2-4(6)9-5/h2,7H,3H2,1H3,(H,8,9). The van der Waals surface area contributed by atoms with E-state index in [9.17, 15) is 0 Å². The van der Waals surface area contributed by atoms with Crippen molar-refractivity contribution < 1.29 is 0 Å². The van der Waals surface area contributed by atoms with Crippen molar-refractivity contribution in [3.63, 3.8) is 0 Å². The molecule has 50 valence electrons. The van der Waals surface area contributed by atoms with Crippen LogP contribution in [-0.2, 0) is 6.54 Å².